The molecule has 0 aromatic heterocycles. The third kappa shape index (κ3) is 3.72. The SMILES string of the molecule is CC(O)(CC(F)(F)F)c1cccc(Cl)c1. The molecule has 84 valence electrons. The molecule has 15 heavy (non-hydrogen) atoms. The van der Waals surface area contributed by atoms with E-state index in [1.807, 2.05) is 0 Å². The van der Waals surface area contributed by atoms with Crippen molar-refractivity contribution in [3.8, 4) is 0 Å². The lowest BCUT2D eigenvalue weighted by Gasteiger charge is -2.25. The number of alkyl halides is 3. The molecule has 0 aliphatic heterocycles. The van der Waals surface area contributed by atoms with Crippen LogP contribution in [0.25, 0.3) is 0 Å². The summed E-state index contributed by atoms with van der Waals surface area (Å²) in [5, 5.41) is 9.97. The Hall–Kier alpha value is -0.740. The van der Waals surface area contributed by atoms with Gasteiger partial charge in [0.25, 0.3) is 0 Å². The third-order valence-corrected chi connectivity index (χ3v) is 2.23. The van der Waals surface area contributed by atoms with Gasteiger partial charge in [-0.05, 0) is 24.6 Å². The standard InChI is InChI=1S/C10H10ClF3O/c1-9(15,6-10(12,13)14)7-3-2-4-8(11)5-7/h2-5,15H,6H2,1H3. The summed E-state index contributed by atoms with van der Waals surface area (Å²) in [6, 6.07) is 5.78. The van der Waals surface area contributed by atoms with Gasteiger partial charge in [0.15, 0.2) is 0 Å². The molecule has 0 spiro atoms. The minimum atomic E-state index is -4.41. The molecule has 0 heterocycles. The van der Waals surface area contributed by atoms with E-state index in [2.05, 4.69) is 0 Å². The topological polar surface area (TPSA) is 20.2 Å². The van der Waals surface area contributed by atoms with Crippen LogP contribution in [0.15, 0.2) is 24.3 Å². The number of benzene rings is 1. The third-order valence-electron chi connectivity index (χ3n) is 1.99. The maximum Gasteiger partial charge on any atom is 0.392 e. The normalized spacial score (nSPS) is 16.1. The maximum atomic E-state index is 12.1. The molecule has 0 aliphatic carbocycles. The summed E-state index contributed by atoms with van der Waals surface area (Å²) in [5.41, 5.74) is -1.78. The second-order valence-corrected chi connectivity index (χ2v) is 4.01. The van der Waals surface area contributed by atoms with Crippen molar-refractivity contribution in [2.45, 2.75) is 25.1 Å². The van der Waals surface area contributed by atoms with Crippen molar-refractivity contribution in [2.24, 2.45) is 0 Å². The number of halogens is 4. The van der Waals surface area contributed by atoms with Gasteiger partial charge in [-0.2, -0.15) is 13.2 Å². The lowest BCUT2D eigenvalue weighted by molar-refractivity contribution is -0.174. The zero-order valence-electron chi connectivity index (χ0n) is 7.98. The van der Waals surface area contributed by atoms with E-state index in [0.29, 0.717) is 5.02 Å². The molecule has 0 saturated carbocycles. The zero-order valence-corrected chi connectivity index (χ0v) is 8.73. The van der Waals surface area contributed by atoms with Crippen molar-refractivity contribution in [2.75, 3.05) is 0 Å². The van der Waals surface area contributed by atoms with Crippen LogP contribution in [0, 0.1) is 0 Å². The molecular formula is C10H10ClF3O. The van der Waals surface area contributed by atoms with Crippen LogP contribution >= 0.6 is 11.6 Å². The minimum absolute atomic E-state index is 0.160. The van der Waals surface area contributed by atoms with E-state index in [0.717, 1.165) is 6.92 Å². The predicted molar refractivity (Wildman–Crippen MR) is 51.7 cm³/mol. The van der Waals surface area contributed by atoms with Gasteiger partial charge in [-0.25, -0.2) is 0 Å². The van der Waals surface area contributed by atoms with Crippen molar-refractivity contribution in [1.82, 2.24) is 0 Å². The number of rotatable bonds is 2. The molecule has 0 fully saturated rings. The van der Waals surface area contributed by atoms with Gasteiger partial charge in [-0.3, -0.25) is 0 Å². The molecule has 0 aliphatic rings. The maximum absolute atomic E-state index is 12.1. The summed E-state index contributed by atoms with van der Waals surface area (Å²) in [6.07, 6.45) is -5.70. The summed E-state index contributed by atoms with van der Waals surface area (Å²) in [7, 11) is 0. The fourth-order valence-corrected chi connectivity index (χ4v) is 1.51. The Kier molecular flexibility index (Phi) is 3.31. The van der Waals surface area contributed by atoms with Crippen molar-refractivity contribution in [1.29, 1.82) is 0 Å². The highest BCUT2D eigenvalue weighted by Gasteiger charge is 2.39. The molecule has 5 heteroatoms. The molecule has 0 saturated heterocycles. The molecule has 1 atom stereocenters. The zero-order chi connectivity index (χ0) is 11.7. The second kappa shape index (κ2) is 4.02. The van der Waals surface area contributed by atoms with Gasteiger partial charge in [0.1, 0.15) is 0 Å². The Balaban J connectivity index is 2.95. The molecule has 0 bridgehead atoms. The summed E-state index contributed by atoms with van der Waals surface area (Å²) in [4.78, 5) is 0. The summed E-state index contributed by atoms with van der Waals surface area (Å²) in [5.74, 6) is 0. The highest BCUT2D eigenvalue weighted by molar-refractivity contribution is 6.30. The van der Waals surface area contributed by atoms with E-state index in [-0.39, 0.29) is 5.56 Å². The van der Waals surface area contributed by atoms with Crippen LogP contribution in [0.5, 0.6) is 0 Å². The molecule has 0 radical (unpaired) electrons. The van der Waals surface area contributed by atoms with Crippen LogP contribution in [-0.2, 0) is 5.60 Å². The minimum Gasteiger partial charge on any atom is -0.385 e. The van der Waals surface area contributed by atoms with E-state index >= 15 is 0 Å². The van der Waals surface area contributed by atoms with Crippen LogP contribution in [0.1, 0.15) is 18.9 Å². The van der Waals surface area contributed by atoms with Crippen LogP contribution in [0.2, 0.25) is 5.02 Å². The van der Waals surface area contributed by atoms with Crippen molar-refractivity contribution in [3.63, 3.8) is 0 Å². The van der Waals surface area contributed by atoms with Crippen LogP contribution in [0.4, 0.5) is 13.2 Å². The van der Waals surface area contributed by atoms with Crippen molar-refractivity contribution in [3.05, 3.63) is 34.9 Å². The fraction of sp³-hybridized carbons (Fsp3) is 0.400. The fourth-order valence-electron chi connectivity index (χ4n) is 1.32. The first-order chi connectivity index (χ1) is 6.71. The lowest BCUT2D eigenvalue weighted by atomic mass is 9.92. The molecular weight excluding hydrogens is 229 g/mol. The van der Waals surface area contributed by atoms with E-state index in [1.54, 1.807) is 0 Å². The molecule has 1 nitrogen and oxygen atoms in total. The second-order valence-electron chi connectivity index (χ2n) is 3.58. The van der Waals surface area contributed by atoms with Gasteiger partial charge in [-0.1, -0.05) is 23.7 Å². The largest absolute Gasteiger partial charge is 0.392 e. The Morgan fingerprint density at radius 1 is 1.33 bits per heavy atom. The van der Waals surface area contributed by atoms with Crippen molar-refractivity contribution >= 4 is 11.6 Å². The smallest absolute Gasteiger partial charge is 0.385 e. The lowest BCUT2D eigenvalue weighted by Crippen LogP contribution is -2.28. The van der Waals surface area contributed by atoms with Gasteiger partial charge in [0, 0.05) is 5.02 Å². The van der Waals surface area contributed by atoms with E-state index in [9.17, 15) is 18.3 Å². The van der Waals surface area contributed by atoms with Crippen LogP contribution < -0.4 is 0 Å². The van der Waals surface area contributed by atoms with Crippen LogP contribution in [-0.4, -0.2) is 11.3 Å². The quantitative estimate of drug-likeness (QED) is 0.836. The van der Waals surface area contributed by atoms with Gasteiger partial charge in [0.2, 0.25) is 0 Å². The van der Waals surface area contributed by atoms with Gasteiger partial charge >= 0.3 is 6.18 Å². The van der Waals surface area contributed by atoms with Gasteiger partial charge < -0.3 is 5.11 Å². The molecule has 1 rings (SSSR count). The van der Waals surface area contributed by atoms with E-state index < -0.39 is 18.2 Å². The van der Waals surface area contributed by atoms with E-state index in [4.69, 9.17) is 11.6 Å². The first kappa shape index (κ1) is 12.3. The molecule has 0 amide bonds. The average molecular weight is 239 g/mol. The molecule has 1 unspecified atom stereocenters. The Morgan fingerprint density at radius 2 is 1.93 bits per heavy atom. The first-order valence-corrected chi connectivity index (χ1v) is 4.64. The van der Waals surface area contributed by atoms with Crippen LogP contribution in [0.3, 0.4) is 0 Å². The number of aliphatic hydroxyl groups is 1. The van der Waals surface area contributed by atoms with Crippen molar-refractivity contribution < 1.29 is 18.3 Å². The molecule has 1 N–H and O–H groups in total. The Labute approximate surface area is 90.5 Å². The van der Waals surface area contributed by atoms with Gasteiger partial charge in [-0.15, -0.1) is 0 Å². The Morgan fingerprint density at radius 3 is 2.40 bits per heavy atom. The van der Waals surface area contributed by atoms with E-state index in [1.165, 1.54) is 24.3 Å². The summed E-state index contributed by atoms with van der Waals surface area (Å²) in [6.45, 7) is 1.12. The number of hydrogen-bond acceptors (Lipinski definition) is 1. The molecule has 1 aromatic carbocycles. The highest BCUT2D eigenvalue weighted by atomic mass is 35.5. The van der Waals surface area contributed by atoms with Gasteiger partial charge in [0.05, 0.1) is 12.0 Å². The average Bonchev–Trinajstić information content (AvgIpc) is 1.99. The summed E-state index contributed by atoms with van der Waals surface area (Å²) < 4.78 is 36.4. The summed E-state index contributed by atoms with van der Waals surface area (Å²) >= 11 is 5.63. The Bertz CT molecular complexity index is 347. The molecule has 1 aromatic rings. The highest BCUT2D eigenvalue weighted by Crippen LogP contribution is 2.34. The predicted octanol–water partition coefficient (Wildman–Crippen LogP) is 3.50. The first-order valence-electron chi connectivity index (χ1n) is 4.26. The number of hydrogen-bond donors (Lipinski definition) is 1. The monoisotopic (exact) mass is 238 g/mol.